The fourth-order valence-electron chi connectivity index (χ4n) is 15.3. The van der Waals surface area contributed by atoms with E-state index in [9.17, 15) is 60.7 Å². The highest BCUT2D eigenvalue weighted by Gasteiger charge is 2.70. The second-order valence-electron chi connectivity index (χ2n) is 23.3. The quantitative estimate of drug-likeness (QED) is 0.0826. The van der Waals surface area contributed by atoms with E-state index >= 15 is 0 Å². The maximum atomic E-state index is 13.3. The van der Waals surface area contributed by atoms with Crippen LogP contribution in [-0.4, -0.2) is 182 Å². The molecule has 7 fully saturated rings. The Morgan fingerprint density at radius 2 is 1.24 bits per heavy atom. The van der Waals surface area contributed by atoms with Crippen molar-refractivity contribution in [1.29, 1.82) is 0 Å². The third-order valence-electron chi connectivity index (χ3n) is 19.8. The molecule has 3 saturated heterocycles. The minimum absolute atomic E-state index is 0.107. The molecule has 4 saturated carbocycles. The van der Waals surface area contributed by atoms with E-state index in [0.29, 0.717) is 32.1 Å². The van der Waals surface area contributed by atoms with Crippen LogP contribution in [0.2, 0.25) is 0 Å². The van der Waals surface area contributed by atoms with Gasteiger partial charge in [-0.1, -0.05) is 46.3 Å². The molecule has 8 rings (SSSR count). The number of carboxylic acid groups (broad SMARTS) is 1. The highest BCUT2D eigenvalue weighted by Crippen LogP contribution is 2.76. The fraction of sp³-hybridized carbons (Fsp3) is 0.918. The lowest BCUT2D eigenvalue weighted by atomic mass is 9.33. The summed E-state index contributed by atoms with van der Waals surface area (Å²) < 4.78 is 42.1. The predicted molar refractivity (Wildman–Crippen MR) is 236 cm³/mol. The van der Waals surface area contributed by atoms with E-state index in [0.717, 1.165) is 32.1 Å². The van der Waals surface area contributed by atoms with Crippen LogP contribution in [0.4, 0.5) is 0 Å². The van der Waals surface area contributed by atoms with E-state index in [2.05, 4.69) is 40.7 Å². The lowest BCUT2D eigenvalue weighted by Gasteiger charge is -2.71. The molecule has 0 unspecified atom stereocenters. The van der Waals surface area contributed by atoms with Crippen molar-refractivity contribution in [2.45, 2.75) is 211 Å². The summed E-state index contributed by atoms with van der Waals surface area (Å²) in [7, 11) is 1.39. The van der Waals surface area contributed by atoms with Gasteiger partial charge in [-0.05, 0) is 117 Å². The first-order valence-electron chi connectivity index (χ1n) is 24.7. The molecular formula is C49H78O19. The van der Waals surface area contributed by atoms with Crippen LogP contribution >= 0.6 is 0 Å². The van der Waals surface area contributed by atoms with E-state index in [1.165, 1.54) is 19.6 Å². The van der Waals surface area contributed by atoms with Gasteiger partial charge in [0.25, 0.3) is 0 Å². The van der Waals surface area contributed by atoms with Gasteiger partial charge < -0.3 is 84.2 Å². The van der Waals surface area contributed by atoms with Crippen LogP contribution in [0, 0.1) is 50.2 Å². The first-order chi connectivity index (χ1) is 31.8. The minimum Gasteiger partial charge on any atom is -0.481 e. The lowest BCUT2D eigenvalue weighted by Crippen LogP contribution is -2.67. The highest BCUT2D eigenvalue weighted by atomic mass is 16.8. The SMILES string of the molecule is COC(=O)[C@@]1(C)CC[C@]2(C(=O)O)CC[C@]3(C)C(=CC[C@@H]4[C@@]5(C)CC[C@H](O[C@@H]6O[C@H](CO)[C@@H](O)[C@H](O)[C@H]6O[C@@H]6O[C@H](CO)[C@@H](O)[C@H](O)[C@H]6O[C@H]6O[C@@H](C)[C@H](O)[C@@H](O)[C@H]6O)C(C)(C)[C@@H]5CC[C@]43C)[C@@H]2C1. The van der Waals surface area contributed by atoms with Gasteiger partial charge in [0, 0.05) is 0 Å². The molecule has 0 bridgehead atoms. The van der Waals surface area contributed by atoms with Crippen LogP contribution in [0.5, 0.6) is 0 Å². The van der Waals surface area contributed by atoms with E-state index in [-0.39, 0.29) is 40.0 Å². The number of hydrogen-bond acceptors (Lipinski definition) is 18. The van der Waals surface area contributed by atoms with Gasteiger partial charge in [-0.15, -0.1) is 0 Å². The van der Waals surface area contributed by atoms with Crippen molar-refractivity contribution in [1.82, 2.24) is 0 Å². The van der Waals surface area contributed by atoms with Gasteiger partial charge in [-0.25, -0.2) is 0 Å². The Morgan fingerprint density at radius 3 is 1.81 bits per heavy atom. The molecule has 10 N–H and O–H groups in total. The number of esters is 1. The van der Waals surface area contributed by atoms with Crippen molar-refractivity contribution in [3.05, 3.63) is 11.6 Å². The number of methoxy groups -OCH3 is 1. The molecule has 0 aromatic carbocycles. The molecule has 24 atom stereocenters. The number of allylic oxidation sites excluding steroid dienone is 2. The molecule has 19 nitrogen and oxygen atoms in total. The van der Waals surface area contributed by atoms with Crippen molar-refractivity contribution in [3.63, 3.8) is 0 Å². The van der Waals surface area contributed by atoms with E-state index < -0.39 is 134 Å². The number of aliphatic hydroxyl groups excluding tert-OH is 9. The maximum Gasteiger partial charge on any atom is 0.311 e. The summed E-state index contributed by atoms with van der Waals surface area (Å²) in [6, 6.07) is 0. The van der Waals surface area contributed by atoms with Gasteiger partial charge in [-0.3, -0.25) is 9.59 Å². The van der Waals surface area contributed by atoms with E-state index in [1.807, 2.05) is 6.92 Å². The molecule has 0 aromatic heterocycles. The average Bonchev–Trinajstić information content (AvgIpc) is 3.29. The van der Waals surface area contributed by atoms with Gasteiger partial charge in [0.2, 0.25) is 0 Å². The van der Waals surface area contributed by atoms with Crippen LogP contribution in [-0.2, 0) is 42.7 Å². The Morgan fingerprint density at radius 1 is 0.662 bits per heavy atom. The first-order valence-corrected chi connectivity index (χ1v) is 24.7. The van der Waals surface area contributed by atoms with Gasteiger partial charge in [-0.2, -0.15) is 0 Å². The zero-order chi connectivity index (χ0) is 49.8. The Kier molecular flexibility index (Phi) is 14.3. The summed E-state index contributed by atoms with van der Waals surface area (Å²) in [4.78, 5) is 26.5. The monoisotopic (exact) mass is 971 g/mol. The van der Waals surface area contributed by atoms with E-state index in [1.54, 1.807) is 0 Å². The van der Waals surface area contributed by atoms with Gasteiger partial charge in [0.15, 0.2) is 18.9 Å². The Hall–Kier alpha value is -1.92. The molecule has 0 spiro atoms. The molecular weight excluding hydrogens is 893 g/mol. The normalized spacial score (nSPS) is 53.4. The van der Waals surface area contributed by atoms with Crippen molar-refractivity contribution in [3.8, 4) is 0 Å². The molecule has 5 aliphatic carbocycles. The first kappa shape index (κ1) is 52.4. The number of carbonyl (C=O) groups excluding carboxylic acids is 1. The van der Waals surface area contributed by atoms with Crippen LogP contribution in [0.1, 0.15) is 113 Å². The zero-order valence-electron chi connectivity index (χ0n) is 40.7. The van der Waals surface area contributed by atoms with Crippen LogP contribution < -0.4 is 0 Å². The summed E-state index contributed by atoms with van der Waals surface area (Å²) in [6.45, 7) is 13.3. The zero-order valence-corrected chi connectivity index (χ0v) is 40.7. The summed E-state index contributed by atoms with van der Waals surface area (Å²) in [5.41, 5.74) is -1.82. The third-order valence-corrected chi connectivity index (χ3v) is 19.8. The molecule has 0 radical (unpaired) electrons. The molecule has 0 amide bonds. The highest BCUT2D eigenvalue weighted by molar-refractivity contribution is 5.80. The number of fused-ring (bicyclic) bond motifs is 7. The average molecular weight is 971 g/mol. The number of aliphatic hydroxyl groups is 9. The summed E-state index contributed by atoms with van der Waals surface area (Å²) in [5.74, 6) is -1.07. The predicted octanol–water partition coefficient (Wildman–Crippen LogP) is 0.887. The molecule has 388 valence electrons. The Bertz CT molecular complexity index is 1900. The largest absolute Gasteiger partial charge is 0.481 e. The smallest absolute Gasteiger partial charge is 0.311 e. The van der Waals surface area contributed by atoms with Crippen molar-refractivity contribution in [2.24, 2.45) is 50.2 Å². The summed E-state index contributed by atoms with van der Waals surface area (Å²) in [5, 5.41) is 108. The van der Waals surface area contributed by atoms with Crippen LogP contribution in [0.25, 0.3) is 0 Å². The Labute approximate surface area is 398 Å². The lowest BCUT2D eigenvalue weighted by molar-refractivity contribution is -0.397. The standard InChI is InChI=1S/C49H78O19/c1-22-30(52)33(55)36(58)39(63-22)67-38-35(57)32(54)26(21-51)65-41(38)68-37-34(56)31(53)25(20-50)64-40(37)66-29-12-13-46(5)27(44(29,2)3)11-14-48(7)28(46)10-9-23-24-19-45(4,43(61)62-8)15-17-49(24,42(59)60)18-16-47(23,48)6/h9,22,24-41,50-58H,10-21H2,1-8H3,(H,59,60)/t22-,24-,25+,26+,27-,28+,29-,30-,31+,32+,33+,34-,35-,36+,37+,38+,39+,40-,41-,45-,46-,47+,48+,49-/m0/s1. The second kappa shape index (κ2) is 18.5. The number of carbonyl (C=O) groups is 2. The second-order valence-corrected chi connectivity index (χ2v) is 23.3. The van der Waals surface area contributed by atoms with Crippen LogP contribution in [0.15, 0.2) is 11.6 Å². The molecule has 68 heavy (non-hydrogen) atoms. The topological polar surface area (TPSA) is 301 Å². The number of ether oxygens (including phenoxy) is 7. The summed E-state index contributed by atoms with van der Waals surface area (Å²) >= 11 is 0. The molecule has 0 aromatic rings. The molecule has 3 heterocycles. The molecule has 19 heteroatoms. The third kappa shape index (κ3) is 7.95. The summed E-state index contributed by atoms with van der Waals surface area (Å²) in [6.07, 6.45) is -15.9. The number of rotatable bonds is 10. The number of carboxylic acids is 1. The van der Waals surface area contributed by atoms with Gasteiger partial charge >= 0.3 is 11.9 Å². The number of aliphatic carboxylic acids is 1. The maximum absolute atomic E-state index is 13.3. The minimum atomic E-state index is -1.85. The molecule has 3 aliphatic heterocycles. The molecule has 8 aliphatic rings. The van der Waals surface area contributed by atoms with Gasteiger partial charge in [0.05, 0.1) is 43.4 Å². The Balaban J connectivity index is 1.06. The van der Waals surface area contributed by atoms with Crippen molar-refractivity contribution in [2.75, 3.05) is 20.3 Å². The van der Waals surface area contributed by atoms with Crippen molar-refractivity contribution >= 4 is 11.9 Å². The van der Waals surface area contributed by atoms with Crippen LogP contribution in [0.3, 0.4) is 0 Å². The number of hydrogen-bond donors (Lipinski definition) is 10. The van der Waals surface area contributed by atoms with Crippen molar-refractivity contribution < 1.29 is 93.8 Å². The van der Waals surface area contributed by atoms with Gasteiger partial charge in [0.1, 0.15) is 67.1 Å². The van der Waals surface area contributed by atoms with E-state index in [4.69, 9.17) is 33.2 Å². The fourth-order valence-corrected chi connectivity index (χ4v) is 15.3.